The molecular formula is C21H23N3O2S. The first-order valence-electron chi connectivity index (χ1n) is 9.33. The van der Waals surface area contributed by atoms with E-state index in [2.05, 4.69) is 23.7 Å². The first kappa shape index (κ1) is 17.9. The van der Waals surface area contributed by atoms with Gasteiger partial charge in [-0.2, -0.15) is 0 Å². The molecule has 2 aromatic heterocycles. The van der Waals surface area contributed by atoms with Gasteiger partial charge in [-0.1, -0.05) is 26.0 Å². The number of carbonyl (C=O) groups is 2. The van der Waals surface area contributed by atoms with Crippen LogP contribution < -0.4 is 0 Å². The Hall–Kier alpha value is -2.47. The van der Waals surface area contributed by atoms with E-state index < -0.39 is 0 Å². The molecule has 4 heterocycles. The molecule has 0 radical (unpaired) electrons. The minimum absolute atomic E-state index is 0.199. The fourth-order valence-corrected chi connectivity index (χ4v) is 4.91. The molecule has 2 aliphatic rings. The fraction of sp³-hybridized carbons (Fsp3) is 0.381. The van der Waals surface area contributed by atoms with Crippen molar-refractivity contribution in [1.82, 2.24) is 14.8 Å². The number of imide groups is 1. The van der Waals surface area contributed by atoms with Crippen LogP contribution >= 0.6 is 11.3 Å². The van der Waals surface area contributed by atoms with Crippen LogP contribution in [0.1, 0.15) is 30.8 Å². The highest BCUT2D eigenvalue weighted by Gasteiger charge is 2.43. The van der Waals surface area contributed by atoms with Crippen LogP contribution in [0.4, 0.5) is 0 Å². The molecule has 0 N–H and O–H groups in total. The Balaban J connectivity index is 1.72. The van der Waals surface area contributed by atoms with Gasteiger partial charge in [0.1, 0.15) is 5.70 Å². The average Bonchev–Trinajstić information content (AvgIpc) is 3.24. The number of carbonyl (C=O) groups excluding carboxylic acids is 2. The second-order valence-corrected chi connectivity index (χ2v) is 8.52. The Bertz CT molecular complexity index is 866. The number of piperidine rings is 1. The third-order valence-corrected chi connectivity index (χ3v) is 6.03. The smallest absolute Gasteiger partial charge is 0.278 e. The van der Waals surface area contributed by atoms with E-state index in [1.54, 1.807) is 6.20 Å². The Labute approximate surface area is 163 Å². The number of thiophene rings is 1. The Kier molecular flexibility index (Phi) is 4.83. The molecule has 140 valence electrons. The maximum Gasteiger partial charge on any atom is 0.278 e. The Morgan fingerprint density at radius 3 is 2.48 bits per heavy atom. The molecule has 0 saturated carbocycles. The predicted octanol–water partition coefficient (Wildman–Crippen LogP) is 3.40. The zero-order valence-electron chi connectivity index (χ0n) is 15.6. The molecule has 0 bridgehead atoms. The van der Waals surface area contributed by atoms with Gasteiger partial charge in [0.15, 0.2) is 0 Å². The summed E-state index contributed by atoms with van der Waals surface area (Å²) in [6, 6.07) is 9.39. The van der Waals surface area contributed by atoms with Crippen molar-refractivity contribution >= 4 is 28.7 Å². The van der Waals surface area contributed by atoms with Gasteiger partial charge in [-0.3, -0.25) is 19.5 Å². The number of hydrogen-bond acceptors (Lipinski definition) is 5. The van der Waals surface area contributed by atoms with E-state index in [0.29, 0.717) is 28.8 Å². The van der Waals surface area contributed by atoms with Crippen LogP contribution in [-0.2, 0) is 16.1 Å². The third-order valence-electron chi connectivity index (χ3n) is 5.14. The lowest BCUT2D eigenvalue weighted by Gasteiger charge is -2.37. The third kappa shape index (κ3) is 3.41. The molecule has 2 aliphatic heterocycles. The molecule has 0 aromatic carbocycles. The number of amides is 2. The van der Waals surface area contributed by atoms with E-state index in [-0.39, 0.29) is 18.4 Å². The van der Waals surface area contributed by atoms with Crippen LogP contribution in [0.5, 0.6) is 0 Å². The number of likely N-dealkylation sites (tertiary alicyclic amines) is 1. The van der Waals surface area contributed by atoms with Crippen LogP contribution in [0.15, 0.2) is 47.6 Å². The van der Waals surface area contributed by atoms with Crippen molar-refractivity contribution in [3.8, 4) is 0 Å². The highest BCUT2D eigenvalue weighted by molar-refractivity contribution is 7.11. The average molecular weight is 382 g/mol. The van der Waals surface area contributed by atoms with Gasteiger partial charge in [0.05, 0.1) is 17.8 Å². The first-order chi connectivity index (χ1) is 13.0. The number of nitrogens with zero attached hydrogens (tertiary/aromatic N) is 3. The highest BCUT2D eigenvalue weighted by atomic mass is 32.1. The van der Waals surface area contributed by atoms with Gasteiger partial charge in [0.2, 0.25) is 0 Å². The van der Waals surface area contributed by atoms with Crippen LogP contribution in [0, 0.1) is 11.8 Å². The highest BCUT2D eigenvalue weighted by Crippen LogP contribution is 2.37. The van der Waals surface area contributed by atoms with Crippen molar-refractivity contribution in [2.75, 3.05) is 13.1 Å². The Morgan fingerprint density at radius 1 is 1.07 bits per heavy atom. The number of pyridine rings is 1. The van der Waals surface area contributed by atoms with Crippen molar-refractivity contribution in [3.63, 3.8) is 0 Å². The van der Waals surface area contributed by atoms with Gasteiger partial charge in [0, 0.05) is 24.2 Å². The molecule has 2 atom stereocenters. The van der Waals surface area contributed by atoms with E-state index in [4.69, 9.17) is 0 Å². The second-order valence-electron chi connectivity index (χ2n) is 7.57. The summed E-state index contributed by atoms with van der Waals surface area (Å²) in [5, 5.41) is 1.95. The molecule has 27 heavy (non-hydrogen) atoms. The largest absolute Gasteiger partial charge is 0.366 e. The van der Waals surface area contributed by atoms with E-state index in [1.807, 2.05) is 35.7 Å². The zero-order chi connectivity index (χ0) is 19.0. The molecule has 2 aromatic rings. The summed E-state index contributed by atoms with van der Waals surface area (Å²) in [5.41, 5.74) is 1.83. The lowest BCUT2D eigenvalue weighted by Crippen LogP contribution is -2.41. The van der Waals surface area contributed by atoms with Gasteiger partial charge < -0.3 is 4.90 Å². The predicted molar refractivity (Wildman–Crippen MR) is 106 cm³/mol. The van der Waals surface area contributed by atoms with Crippen molar-refractivity contribution in [2.24, 2.45) is 11.8 Å². The normalized spacial score (nSPS) is 23.5. The minimum Gasteiger partial charge on any atom is -0.366 e. The van der Waals surface area contributed by atoms with Crippen LogP contribution in [-0.4, -0.2) is 39.7 Å². The quantitative estimate of drug-likeness (QED) is 0.762. The van der Waals surface area contributed by atoms with Crippen molar-refractivity contribution < 1.29 is 9.59 Å². The minimum atomic E-state index is -0.214. The molecule has 1 saturated heterocycles. The summed E-state index contributed by atoms with van der Waals surface area (Å²) in [6.45, 7) is 6.24. The van der Waals surface area contributed by atoms with Gasteiger partial charge in [-0.15, -0.1) is 11.3 Å². The maximum atomic E-state index is 13.3. The first-order valence-corrected chi connectivity index (χ1v) is 10.2. The van der Waals surface area contributed by atoms with E-state index >= 15 is 0 Å². The van der Waals surface area contributed by atoms with Crippen molar-refractivity contribution in [2.45, 2.75) is 26.8 Å². The van der Waals surface area contributed by atoms with Gasteiger partial charge in [-0.05, 0) is 41.8 Å². The molecule has 2 unspecified atom stereocenters. The molecule has 6 heteroatoms. The zero-order valence-corrected chi connectivity index (χ0v) is 16.4. The van der Waals surface area contributed by atoms with E-state index in [1.165, 1.54) is 16.2 Å². The summed E-state index contributed by atoms with van der Waals surface area (Å²) in [6.07, 6.45) is 2.83. The standard InChI is InChI=1S/C21H23N3O2S/c1-14-10-15(2)12-23(11-14)19-18(17-7-5-9-27-17)20(25)24(21(19)26)13-16-6-3-4-8-22-16/h3-9,14-15H,10-13H2,1-2H3. The SMILES string of the molecule is CC1CC(C)CN(C2=C(c3cccs3)C(=O)N(Cc3ccccn3)C2=O)C1. The fourth-order valence-electron chi connectivity index (χ4n) is 4.14. The van der Waals surface area contributed by atoms with Crippen LogP contribution in [0.3, 0.4) is 0 Å². The van der Waals surface area contributed by atoms with Gasteiger partial charge in [0.25, 0.3) is 11.8 Å². The molecule has 4 rings (SSSR count). The van der Waals surface area contributed by atoms with Crippen molar-refractivity contribution in [3.05, 3.63) is 58.2 Å². The molecular weight excluding hydrogens is 358 g/mol. The molecule has 2 amide bonds. The maximum absolute atomic E-state index is 13.3. The van der Waals surface area contributed by atoms with Crippen LogP contribution in [0.25, 0.3) is 5.57 Å². The second kappa shape index (κ2) is 7.27. The summed E-state index contributed by atoms with van der Waals surface area (Å²) in [5.74, 6) is 0.585. The summed E-state index contributed by atoms with van der Waals surface area (Å²) < 4.78 is 0. The lowest BCUT2D eigenvalue weighted by molar-refractivity contribution is -0.138. The van der Waals surface area contributed by atoms with Crippen LogP contribution in [0.2, 0.25) is 0 Å². The van der Waals surface area contributed by atoms with Gasteiger partial charge >= 0.3 is 0 Å². The molecule has 0 spiro atoms. The molecule has 5 nitrogen and oxygen atoms in total. The van der Waals surface area contributed by atoms with Gasteiger partial charge in [-0.25, -0.2) is 0 Å². The summed E-state index contributed by atoms with van der Waals surface area (Å²) >= 11 is 1.50. The van der Waals surface area contributed by atoms with Crippen molar-refractivity contribution in [1.29, 1.82) is 0 Å². The Morgan fingerprint density at radius 2 is 1.85 bits per heavy atom. The van der Waals surface area contributed by atoms with E-state index in [0.717, 1.165) is 24.4 Å². The molecule has 1 fully saturated rings. The number of rotatable bonds is 4. The summed E-state index contributed by atoms with van der Waals surface area (Å²) in [7, 11) is 0. The number of hydrogen-bond donors (Lipinski definition) is 0. The monoisotopic (exact) mass is 381 g/mol. The number of aromatic nitrogens is 1. The molecule has 0 aliphatic carbocycles. The lowest BCUT2D eigenvalue weighted by atomic mass is 9.91. The topological polar surface area (TPSA) is 53.5 Å². The summed E-state index contributed by atoms with van der Waals surface area (Å²) in [4.78, 5) is 35.2. The van der Waals surface area contributed by atoms with E-state index in [9.17, 15) is 9.59 Å².